The average molecular weight is 460 g/mol. The molecule has 174 valence electrons. The summed E-state index contributed by atoms with van der Waals surface area (Å²) in [7, 11) is 0. The number of hydrogen-bond acceptors (Lipinski definition) is 5. The monoisotopic (exact) mass is 459 g/mol. The van der Waals surface area contributed by atoms with Crippen molar-refractivity contribution >= 4 is 39.8 Å². The van der Waals surface area contributed by atoms with Crippen LogP contribution in [0.4, 0.5) is 27.4 Å². The van der Waals surface area contributed by atoms with E-state index in [0.29, 0.717) is 22.5 Å². The number of H-pyrrole nitrogens is 1. The van der Waals surface area contributed by atoms with E-state index in [1.54, 1.807) is 12.1 Å². The minimum Gasteiger partial charge on any atom is -0.490 e. The van der Waals surface area contributed by atoms with Gasteiger partial charge in [-0.3, -0.25) is 4.79 Å². The number of nitrogens with zero attached hydrogens (tertiary/aromatic N) is 2. The Morgan fingerprint density at radius 2 is 1.85 bits per heavy atom. The molecule has 7 nitrogen and oxygen atoms in total. The standard InChI is InChI=1S/C26H26FN5O2/c1-17(33)29-25-14-19(32-11-9-21(10-12-32)34-20-5-3-2-4-6-20)15-26(31-25)30-18-7-8-22-23(27)16-28-24(22)13-18/h2-8,13-16,21,28H,9-12H2,1H3,(H2,29,30,31,33). The zero-order chi connectivity index (χ0) is 23.5. The second kappa shape index (κ2) is 9.43. The lowest BCUT2D eigenvalue weighted by Gasteiger charge is -2.34. The molecule has 0 spiro atoms. The van der Waals surface area contributed by atoms with Gasteiger partial charge < -0.3 is 25.3 Å². The van der Waals surface area contributed by atoms with E-state index in [4.69, 9.17) is 4.74 Å². The number of hydrogen-bond donors (Lipinski definition) is 3. The number of piperidine rings is 1. The number of para-hydroxylation sites is 1. The van der Waals surface area contributed by atoms with Crippen LogP contribution in [-0.4, -0.2) is 35.1 Å². The summed E-state index contributed by atoms with van der Waals surface area (Å²) in [6.45, 7) is 3.12. The zero-order valence-corrected chi connectivity index (χ0v) is 18.8. The van der Waals surface area contributed by atoms with Crippen LogP contribution in [0.2, 0.25) is 0 Å². The molecule has 0 unspecified atom stereocenters. The Hall–Kier alpha value is -4.07. The second-order valence-electron chi connectivity index (χ2n) is 8.42. The maximum absolute atomic E-state index is 13.8. The number of nitrogens with one attached hydrogen (secondary N) is 3. The summed E-state index contributed by atoms with van der Waals surface area (Å²) < 4.78 is 19.9. The van der Waals surface area contributed by atoms with E-state index in [2.05, 4.69) is 25.5 Å². The lowest BCUT2D eigenvalue weighted by Crippen LogP contribution is -2.38. The molecule has 2 aromatic heterocycles. The van der Waals surface area contributed by atoms with E-state index in [0.717, 1.165) is 43.1 Å². The Bertz CT molecular complexity index is 1300. The third-order valence-electron chi connectivity index (χ3n) is 5.87. The molecule has 1 aliphatic rings. The highest BCUT2D eigenvalue weighted by Crippen LogP contribution is 2.29. The predicted molar refractivity (Wildman–Crippen MR) is 132 cm³/mol. The number of amides is 1. The van der Waals surface area contributed by atoms with E-state index in [1.165, 1.54) is 13.1 Å². The Morgan fingerprint density at radius 1 is 1.09 bits per heavy atom. The average Bonchev–Trinajstić information content (AvgIpc) is 3.19. The van der Waals surface area contributed by atoms with Gasteiger partial charge in [-0.05, 0) is 30.3 Å². The lowest BCUT2D eigenvalue weighted by molar-refractivity contribution is -0.114. The molecule has 8 heteroatoms. The first-order valence-electron chi connectivity index (χ1n) is 11.3. The van der Waals surface area contributed by atoms with Gasteiger partial charge in [0.1, 0.15) is 29.3 Å². The van der Waals surface area contributed by atoms with Crippen LogP contribution in [0.25, 0.3) is 10.9 Å². The molecular formula is C26H26FN5O2. The van der Waals surface area contributed by atoms with Gasteiger partial charge in [0.25, 0.3) is 0 Å². The van der Waals surface area contributed by atoms with Crippen LogP contribution >= 0.6 is 0 Å². The van der Waals surface area contributed by atoms with E-state index < -0.39 is 0 Å². The summed E-state index contributed by atoms with van der Waals surface area (Å²) in [5.41, 5.74) is 2.43. The van der Waals surface area contributed by atoms with E-state index in [-0.39, 0.29) is 17.8 Å². The molecule has 34 heavy (non-hydrogen) atoms. The van der Waals surface area contributed by atoms with Crippen LogP contribution in [0.15, 0.2) is 66.9 Å². The number of fused-ring (bicyclic) bond motifs is 1. The number of halogens is 1. The van der Waals surface area contributed by atoms with E-state index in [1.807, 2.05) is 48.5 Å². The minimum absolute atomic E-state index is 0.167. The number of aromatic amines is 1. The first-order valence-corrected chi connectivity index (χ1v) is 11.3. The van der Waals surface area contributed by atoms with Crippen LogP contribution in [0.3, 0.4) is 0 Å². The molecule has 0 atom stereocenters. The number of pyridine rings is 1. The molecule has 0 radical (unpaired) electrons. The molecule has 3 N–H and O–H groups in total. The van der Waals surface area contributed by atoms with Gasteiger partial charge in [-0.2, -0.15) is 0 Å². The van der Waals surface area contributed by atoms with Crippen molar-refractivity contribution < 1.29 is 13.9 Å². The van der Waals surface area contributed by atoms with E-state index in [9.17, 15) is 9.18 Å². The number of anilines is 4. The highest BCUT2D eigenvalue weighted by atomic mass is 19.1. The molecule has 0 bridgehead atoms. The first kappa shape index (κ1) is 21.8. The van der Waals surface area contributed by atoms with Crippen molar-refractivity contribution in [3.05, 3.63) is 72.7 Å². The predicted octanol–water partition coefficient (Wildman–Crippen LogP) is 5.45. The maximum atomic E-state index is 13.8. The topological polar surface area (TPSA) is 82.3 Å². The first-order chi connectivity index (χ1) is 16.5. The molecular weight excluding hydrogens is 433 g/mol. The summed E-state index contributed by atoms with van der Waals surface area (Å²) in [6.07, 6.45) is 3.29. The van der Waals surface area contributed by atoms with Crippen molar-refractivity contribution in [3.63, 3.8) is 0 Å². The van der Waals surface area contributed by atoms with Crippen LogP contribution in [0, 0.1) is 5.82 Å². The fourth-order valence-electron chi connectivity index (χ4n) is 4.25. The highest BCUT2D eigenvalue weighted by molar-refractivity contribution is 5.89. The molecule has 2 aromatic carbocycles. The molecule has 1 aliphatic heterocycles. The van der Waals surface area contributed by atoms with Crippen LogP contribution < -0.4 is 20.3 Å². The molecule has 5 rings (SSSR count). The van der Waals surface area contributed by atoms with Crippen molar-refractivity contribution in [3.8, 4) is 5.75 Å². The summed E-state index contributed by atoms with van der Waals surface area (Å²) in [5, 5.41) is 6.61. The van der Waals surface area contributed by atoms with Crippen LogP contribution in [0.5, 0.6) is 5.75 Å². The van der Waals surface area contributed by atoms with Gasteiger partial charge >= 0.3 is 0 Å². The number of ether oxygens (including phenoxy) is 1. The van der Waals surface area contributed by atoms with Gasteiger partial charge in [-0.1, -0.05) is 18.2 Å². The second-order valence-corrected chi connectivity index (χ2v) is 8.42. The third-order valence-corrected chi connectivity index (χ3v) is 5.87. The molecule has 1 fully saturated rings. The summed E-state index contributed by atoms with van der Waals surface area (Å²) in [4.78, 5) is 21.4. The van der Waals surface area contributed by atoms with Gasteiger partial charge in [0, 0.05) is 67.9 Å². The highest BCUT2D eigenvalue weighted by Gasteiger charge is 2.22. The normalized spacial score (nSPS) is 14.2. The Kier molecular flexibility index (Phi) is 6.03. The van der Waals surface area contributed by atoms with Crippen molar-refractivity contribution in [2.75, 3.05) is 28.6 Å². The van der Waals surface area contributed by atoms with Crippen molar-refractivity contribution in [2.24, 2.45) is 0 Å². The zero-order valence-electron chi connectivity index (χ0n) is 18.8. The van der Waals surface area contributed by atoms with Gasteiger partial charge in [0.2, 0.25) is 5.91 Å². The maximum Gasteiger partial charge on any atom is 0.222 e. The van der Waals surface area contributed by atoms with Gasteiger partial charge in [-0.25, -0.2) is 9.37 Å². The van der Waals surface area contributed by atoms with Gasteiger partial charge in [0.15, 0.2) is 0 Å². The Morgan fingerprint density at radius 3 is 2.62 bits per heavy atom. The molecule has 1 saturated heterocycles. The number of benzene rings is 2. The smallest absolute Gasteiger partial charge is 0.222 e. The Labute approximate surface area is 197 Å². The largest absolute Gasteiger partial charge is 0.490 e. The van der Waals surface area contributed by atoms with Crippen LogP contribution in [0.1, 0.15) is 19.8 Å². The van der Waals surface area contributed by atoms with Crippen molar-refractivity contribution in [1.82, 2.24) is 9.97 Å². The molecule has 3 heterocycles. The lowest BCUT2D eigenvalue weighted by atomic mass is 10.1. The summed E-state index contributed by atoms with van der Waals surface area (Å²) >= 11 is 0. The molecule has 4 aromatic rings. The number of rotatable bonds is 6. The van der Waals surface area contributed by atoms with E-state index >= 15 is 0 Å². The Balaban J connectivity index is 1.33. The fraction of sp³-hybridized carbons (Fsp3) is 0.231. The third kappa shape index (κ3) is 4.96. The van der Waals surface area contributed by atoms with Crippen LogP contribution in [-0.2, 0) is 4.79 Å². The number of carbonyl (C=O) groups excluding carboxylic acids is 1. The minimum atomic E-state index is -0.283. The number of carbonyl (C=O) groups is 1. The van der Waals surface area contributed by atoms with Crippen molar-refractivity contribution in [2.45, 2.75) is 25.9 Å². The molecule has 0 saturated carbocycles. The molecule has 0 aliphatic carbocycles. The summed E-state index contributed by atoms with van der Waals surface area (Å²) in [5.74, 6) is 1.49. The molecule has 1 amide bonds. The summed E-state index contributed by atoms with van der Waals surface area (Å²) in [6, 6.07) is 19.1. The quantitative estimate of drug-likeness (QED) is 0.357. The SMILES string of the molecule is CC(=O)Nc1cc(N2CCC(Oc3ccccc3)CC2)cc(Nc2ccc3c(F)c[nH]c3c2)n1. The van der Waals surface area contributed by atoms with Crippen molar-refractivity contribution in [1.29, 1.82) is 0 Å². The fourth-order valence-corrected chi connectivity index (χ4v) is 4.25. The number of aromatic nitrogens is 2. The van der Waals surface area contributed by atoms with Gasteiger partial charge in [-0.15, -0.1) is 0 Å². The van der Waals surface area contributed by atoms with Gasteiger partial charge in [0.05, 0.1) is 5.52 Å².